The molecule has 40 heavy (non-hydrogen) atoms. The molecule has 226 valence electrons. The minimum atomic E-state index is -2.19. The van der Waals surface area contributed by atoms with Gasteiger partial charge >= 0.3 is 0 Å². The fourth-order valence-electron chi connectivity index (χ4n) is 4.84. The van der Waals surface area contributed by atoms with Crippen LogP contribution in [-0.2, 0) is 29.4 Å². The van der Waals surface area contributed by atoms with Crippen molar-refractivity contribution in [2.75, 3.05) is 7.11 Å². The van der Waals surface area contributed by atoms with Crippen molar-refractivity contribution in [3.05, 3.63) is 59.6 Å². The average Bonchev–Trinajstić information content (AvgIpc) is 2.81. The van der Waals surface area contributed by atoms with Gasteiger partial charge in [0.1, 0.15) is 11.7 Å². The molecule has 1 saturated carbocycles. The number of benzene rings is 1. The zero-order valence-corrected chi connectivity index (χ0v) is 30.7. The number of ether oxygens (including phenoxy) is 2. The van der Waals surface area contributed by atoms with E-state index in [0.29, 0.717) is 19.0 Å². The van der Waals surface area contributed by atoms with Crippen LogP contribution in [0.2, 0.25) is 55.9 Å². The summed E-state index contributed by atoms with van der Waals surface area (Å²) in [6, 6.07) is 10.4. The van der Waals surface area contributed by atoms with Crippen LogP contribution in [0.15, 0.2) is 54.0 Å². The molecule has 0 aromatic heterocycles. The van der Waals surface area contributed by atoms with Gasteiger partial charge in [0.15, 0.2) is 16.6 Å². The van der Waals surface area contributed by atoms with Crippen LogP contribution in [0, 0.1) is 5.92 Å². The number of hydrogen-bond acceptors (Lipinski definition) is 5. The Balaban J connectivity index is 2.21. The molecule has 0 spiro atoms. The summed E-state index contributed by atoms with van der Waals surface area (Å²) in [6.45, 7) is 30.2. The van der Waals surface area contributed by atoms with Crippen molar-refractivity contribution in [1.29, 1.82) is 0 Å². The maximum absolute atomic E-state index is 7.37. The molecule has 1 aromatic carbocycles. The lowest BCUT2D eigenvalue weighted by molar-refractivity contribution is -0.158. The minimum absolute atomic E-state index is 0.00241. The van der Waals surface area contributed by atoms with Gasteiger partial charge in [-0.05, 0) is 61.5 Å². The van der Waals surface area contributed by atoms with E-state index in [1.165, 1.54) is 0 Å². The van der Waals surface area contributed by atoms with Crippen LogP contribution in [0.1, 0.15) is 53.5 Å². The van der Waals surface area contributed by atoms with Gasteiger partial charge in [0, 0.05) is 17.9 Å². The molecule has 4 unspecified atom stereocenters. The number of hydrogen-bond donors (Lipinski definition) is 0. The standard InChI is InChI=1S/C32H56O5Si3/c1-30(2,3)39(11,12)35-27-25-20-21-32(34-23-24-18-16-15-17-19-24,28(27)36-40(13,14)31(4,5)6)22-26(25)29(33-7)37-38(8,9)10/h15-21,25,27-28H,22-23H2,1-14H3. The molecule has 0 radical (unpaired) electrons. The SMILES string of the molecule is COC(O[Si](C)(C)C)=C1CC2(OCc3ccccc3)C=CC1C(O[Si](C)(C)C(C)(C)C)C2O[Si](C)(C)C(C)(C)C. The van der Waals surface area contributed by atoms with Gasteiger partial charge in [-0.15, -0.1) is 0 Å². The van der Waals surface area contributed by atoms with Crippen LogP contribution >= 0.6 is 0 Å². The average molecular weight is 605 g/mol. The highest BCUT2D eigenvalue weighted by Gasteiger charge is 2.60. The number of fused-ring (bicyclic) bond motifs is 2. The summed E-state index contributed by atoms with van der Waals surface area (Å²) in [7, 11) is -4.59. The van der Waals surface area contributed by atoms with E-state index in [1.807, 2.05) is 6.07 Å². The summed E-state index contributed by atoms with van der Waals surface area (Å²) in [5.74, 6) is 0.633. The van der Waals surface area contributed by atoms with Gasteiger partial charge in [0.05, 0.1) is 19.8 Å². The predicted octanol–water partition coefficient (Wildman–Crippen LogP) is 9.02. The molecule has 3 aliphatic carbocycles. The van der Waals surface area contributed by atoms with Gasteiger partial charge in [-0.2, -0.15) is 0 Å². The van der Waals surface area contributed by atoms with E-state index in [9.17, 15) is 0 Å². The van der Waals surface area contributed by atoms with Crippen molar-refractivity contribution in [3.63, 3.8) is 0 Å². The third kappa shape index (κ3) is 7.24. The molecule has 1 fully saturated rings. The third-order valence-electron chi connectivity index (χ3n) is 9.25. The molecular formula is C32H56O5Si3. The van der Waals surface area contributed by atoms with Crippen molar-refractivity contribution in [2.45, 2.75) is 128 Å². The summed E-state index contributed by atoms with van der Waals surface area (Å²) >= 11 is 0. The van der Waals surface area contributed by atoms with Crippen LogP contribution in [-0.4, -0.2) is 49.9 Å². The molecular weight excluding hydrogens is 549 g/mol. The van der Waals surface area contributed by atoms with E-state index >= 15 is 0 Å². The molecule has 0 aliphatic heterocycles. The summed E-state index contributed by atoms with van der Waals surface area (Å²) in [5, 5.41) is 0.0998. The molecule has 0 N–H and O–H groups in total. The van der Waals surface area contributed by atoms with Crippen molar-refractivity contribution >= 4 is 25.0 Å². The zero-order valence-electron chi connectivity index (χ0n) is 27.7. The molecule has 3 aliphatic rings. The van der Waals surface area contributed by atoms with E-state index in [2.05, 4.69) is 124 Å². The first-order valence-corrected chi connectivity index (χ1v) is 24.0. The summed E-state index contributed by atoms with van der Waals surface area (Å²) in [6.07, 6.45) is 4.75. The van der Waals surface area contributed by atoms with Crippen LogP contribution in [0.25, 0.3) is 0 Å². The molecule has 4 rings (SSSR count). The molecule has 0 heterocycles. The van der Waals surface area contributed by atoms with Gasteiger partial charge in [-0.25, -0.2) is 0 Å². The Labute approximate surface area is 248 Å². The molecule has 8 heteroatoms. The molecule has 4 atom stereocenters. The van der Waals surface area contributed by atoms with E-state index < -0.39 is 30.6 Å². The second kappa shape index (κ2) is 11.5. The Morgan fingerprint density at radius 2 is 1.40 bits per heavy atom. The molecule has 1 aromatic rings. The van der Waals surface area contributed by atoms with Gasteiger partial charge in [0.2, 0.25) is 8.32 Å². The highest BCUT2D eigenvalue weighted by atomic mass is 28.4. The van der Waals surface area contributed by atoms with Crippen molar-refractivity contribution in [1.82, 2.24) is 0 Å². The van der Waals surface area contributed by atoms with Crippen LogP contribution in [0.4, 0.5) is 0 Å². The lowest BCUT2D eigenvalue weighted by atomic mass is 9.66. The first kappa shape index (κ1) is 33.3. The first-order valence-electron chi connectivity index (χ1n) is 14.8. The van der Waals surface area contributed by atoms with Crippen LogP contribution < -0.4 is 0 Å². The summed E-state index contributed by atoms with van der Waals surface area (Å²) < 4.78 is 34.3. The molecule has 2 bridgehead atoms. The highest BCUT2D eigenvalue weighted by Crippen LogP contribution is 2.53. The monoisotopic (exact) mass is 604 g/mol. The second-order valence-electron chi connectivity index (χ2n) is 15.7. The first-order chi connectivity index (χ1) is 18.1. The van der Waals surface area contributed by atoms with Gasteiger partial charge in [0.25, 0.3) is 5.95 Å². The predicted molar refractivity (Wildman–Crippen MR) is 174 cm³/mol. The Kier molecular flexibility index (Phi) is 9.58. The second-order valence-corrected chi connectivity index (χ2v) is 29.6. The van der Waals surface area contributed by atoms with E-state index in [-0.39, 0.29) is 28.2 Å². The van der Waals surface area contributed by atoms with Crippen LogP contribution in [0.3, 0.4) is 0 Å². The normalized spacial score (nSPS) is 27.1. The van der Waals surface area contributed by atoms with Gasteiger partial charge in [-0.1, -0.05) is 84.0 Å². The fraction of sp³-hybridized carbons (Fsp3) is 0.688. The summed E-state index contributed by atoms with van der Waals surface area (Å²) in [4.78, 5) is 0. The maximum Gasteiger partial charge on any atom is 0.264 e. The number of rotatable bonds is 10. The lowest BCUT2D eigenvalue weighted by Gasteiger charge is -2.57. The smallest absolute Gasteiger partial charge is 0.264 e. The van der Waals surface area contributed by atoms with Crippen molar-refractivity contribution < 1.29 is 22.8 Å². The summed E-state index contributed by atoms with van der Waals surface area (Å²) in [5.41, 5.74) is 1.57. The Morgan fingerprint density at radius 3 is 1.90 bits per heavy atom. The zero-order chi connectivity index (χ0) is 30.4. The Morgan fingerprint density at radius 1 is 0.850 bits per heavy atom. The Hall–Kier alpha value is -1.17. The van der Waals surface area contributed by atoms with Gasteiger partial charge in [-0.3, -0.25) is 0 Å². The van der Waals surface area contributed by atoms with E-state index in [0.717, 1.165) is 11.1 Å². The van der Waals surface area contributed by atoms with E-state index in [4.69, 9.17) is 22.8 Å². The molecule has 0 saturated heterocycles. The van der Waals surface area contributed by atoms with Crippen molar-refractivity contribution in [3.8, 4) is 0 Å². The minimum Gasteiger partial charge on any atom is -0.520 e. The molecule has 5 nitrogen and oxygen atoms in total. The Bertz CT molecular complexity index is 1080. The molecule has 0 amide bonds. The van der Waals surface area contributed by atoms with Gasteiger partial charge < -0.3 is 22.8 Å². The quantitative estimate of drug-likeness (QED) is 0.151. The third-order valence-corrected chi connectivity index (χ3v) is 19.0. The topological polar surface area (TPSA) is 46.2 Å². The lowest BCUT2D eigenvalue weighted by Crippen LogP contribution is -2.66. The van der Waals surface area contributed by atoms with E-state index in [1.54, 1.807) is 7.11 Å². The maximum atomic E-state index is 7.37. The van der Waals surface area contributed by atoms with Crippen LogP contribution in [0.5, 0.6) is 0 Å². The highest BCUT2D eigenvalue weighted by molar-refractivity contribution is 6.74. The van der Waals surface area contributed by atoms with Crippen molar-refractivity contribution in [2.24, 2.45) is 5.92 Å². The largest absolute Gasteiger partial charge is 0.520 e. The fourth-order valence-corrected chi connectivity index (χ4v) is 8.23. The number of methoxy groups -OCH3 is 1.